The molecule has 3 nitrogen and oxygen atoms in total. The maximum Gasteiger partial charge on any atom is 0.165 e. The Bertz CT molecular complexity index is 476. The minimum absolute atomic E-state index is 0.0415. The second-order valence-electron chi connectivity index (χ2n) is 5.65. The number of benzene rings is 1. The highest BCUT2D eigenvalue weighted by atomic mass is 16.3. The molecular formula is C16H20O3. The molecule has 0 bridgehead atoms. The smallest absolute Gasteiger partial charge is 0.165 e. The van der Waals surface area contributed by atoms with Gasteiger partial charge in [-0.25, -0.2) is 0 Å². The summed E-state index contributed by atoms with van der Waals surface area (Å²) in [5, 5.41) is 10.2. The molecule has 1 aliphatic rings. The Balaban J connectivity index is 2.08. The second kappa shape index (κ2) is 5.25. The van der Waals surface area contributed by atoms with Crippen molar-refractivity contribution < 1.29 is 14.7 Å². The molecule has 3 heteroatoms. The van der Waals surface area contributed by atoms with Gasteiger partial charge in [-0.15, -0.1) is 0 Å². The minimum atomic E-state index is -1.48. The number of ketones is 2. The molecule has 0 aliphatic heterocycles. The lowest BCUT2D eigenvalue weighted by Gasteiger charge is -2.25. The number of Topliss-reactive ketones (excluding diaryl/α,β-unsaturated/α-hetero) is 2. The van der Waals surface area contributed by atoms with Gasteiger partial charge in [0.15, 0.2) is 5.78 Å². The van der Waals surface area contributed by atoms with Gasteiger partial charge in [0.05, 0.1) is 5.92 Å². The van der Waals surface area contributed by atoms with E-state index in [9.17, 15) is 14.7 Å². The first kappa shape index (κ1) is 13.9. The predicted octanol–water partition coefficient (Wildman–Crippen LogP) is 2.16. The van der Waals surface area contributed by atoms with Crippen LogP contribution in [-0.4, -0.2) is 22.3 Å². The summed E-state index contributed by atoms with van der Waals surface area (Å²) in [6, 6.07) is 10.0. The van der Waals surface area contributed by atoms with E-state index in [4.69, 9.17) is 0 Å². The molecule has 1 saturated carbocycles. The lowest BCUT2D eigenvalue weighted by molar-refractivity contribution is -0.141. The van der Waals surface area contributed by atoms with Crippen LogP contribution < -0.4 is 0 Å². The first-order valence-corrected chi connectivity index (χ1v) is 6.73. The van der Waals surface area contributed by atoms with Gasteiger partial charge in [0.2, 0.25) is 0 Å². The van der Waals surface area contributed by atoms with Crippen LogP contribution in [0.15, 0.2) is 30.3 Å². The lowest BCUT2D eigenvalue weighted by atomic mass is 9.81. The van der Waals surface area contributed by atoms with Gasteiger partial charge in [0, 0.05) is 6.42 Å². The average molecular weight is 260 g/mol. The lowest BCUT2D eigenvalue weighted by Crippen LogP contribution is -2.41. The van der Waals surface area contributed by atoms with Crippen molar-refractivity contribution in [2.24, 2.45) is 11.8 Å². The van der Waals surface area contributed by atoms with Crippen LogP contribution in [0.3, 0.4) is 0 Å². The number of hydrogen-bond acceptors (Lipinski definition) is 3. The van der Waals surface area contributed by atoms with E-state index in [-0.39, 0.29) is 17.5 Å². The molecule has 1 aliphatic carbocycles. The number of rotatable bonds is 4. The van der Waals surface area contributed by atoms with Crippen molar-refractivity contribution in [3.63, 3.8) is 0 Å². The van der Waals surface area contributed by atoms with Crippen molar-refractivity contribution in [2.45, 2.75) is 38.7 Å². The van der Waals surface area contributed by atoms with Gasteiger partial charge in [-0.2, -0.15) is 0 Å². The molecule has 0 spiro atoms. The number of aliphatic hydroxyl groups is 1. The molecule has 2 rings (SSSR count). The van der Waals surface area contributed by atoms with Crippen LogP contribution in [0, 0.1) is 11.8 Å². The molecule has 0 saturated heterocycles. The van der Waals surface area contributed by atoms with Crippen molar-refractivity contribution in [1.29, 1.82) is 0 Å². The van der Waals surface area contributed by atoms with Crippen LogP contribution in [-0.2, 0) is 16.0 Å². The zero-order valence-corrected chi connectivity index (χ0v) is 11.4. The van der Waals surface area contributed by atoms with Gasteiger partial charge in [-0.3, -0.25) is 9.59 Å². The summed E-state index contributed by atoms with van der Waals surface area (Å²) in [6.07, 6.45) is 1.90. The number of hydrogen-bond donors (Lipinski definition) is 1. The topological polar surface area (TPSA) is 54.4 Å². The molecule has 19 heavy (non-hydrogen) atoms. The standard InChI is InChI=1S/C16H20O3/c1-11(17)15-13(10-14(18)16(15,2)19)9-8-12-6-4-3-5-7-12/h3-7,13,15,19H,8-10H2,1-2H3/t13-,15-,16+/m1/s1. The van der Waals surface area contributed by atoms with E-state index in [1.165, 1.54) is 19.4 Å². The Morgan fingerprint density at radius 3 is 2.58 bits per heavy atom. The molecule has 0 unspecified atom stereocenters. The molecule has 3 atom stereocenters. The summed E-state index contributed by atoms with van der Waals surface area (Å²) in [6.45, 7) is 2.94. The third kappa shape index (κ3) is 2.76. The Morgan fingerprint density at radius 2 is 2.00 bits per heavy atom. The van der Waals surface area contributed by atoms with Crippen molar-refractivity contribution in [2.75, 3.05) is 0 Å². The zero-order chi connectivity index (χ0) is 14.0. The van der Waals surface area contributed by atoms with Crippen LogP contribution in [0.5, 0.6) is 0 Å². The van der Waals surface area contributed by atoms with Crippen molar-refractivity contribution in [3.8, 4) is 0 Å². The van der Waals surface area contributed by atoms with E-state index in [1.54, 1.807) is 0 Å². The summed E-state index contributed by atoms with van der Waals surface area (Å²) in [7, 11) is 0. The van der Waals surface area contributed by atoms with Gasteiger partial charge >= 0.3 is 0 Å². The van der Waals surface area contributed by atoms with Crippen LogP contribution in [0.25, 0.3) is 0 Å². The maximum absolute atomic E-state index is 11.8. The van der Waals surface area contributed by atoms with Gasteiger partial charge in [0.1, 0.15) is 11.4 Å². The highest BCUT2D eigenvalue weighted by Gasteiger charge is 2.52. The molecule has 0 amide bonds. The Hall–Kier alpha value is -1.48. The molecule has 1 N–H and O–H groups in total. The van der Waals surface area contributed by atoms with E-state index in [0.29, 0.717) is 6.42 Å². The molecule has 1 aromatic rings. The van der Waals surface area contributed by atoms with Crippen LogP contribution in [0.1, 0.15) is 32.3 Å². The van der Waals surface area contributed by atoms with Crippen LogP contribution in [0.2, 0.25) is 0 Å². The van der Waals surface area contributed by atoms with E-state index < -0.39 is 11.5 Å². The summed E-state index contributed by atoms with van der Waals surface area (Å²) in [5.41, 5.74) is -0.281. The fraction of sp³-hybridized carbons (Fsp3) is 0.500. The number of carbonyl (C=O) groups is 2. The first-order chi connectivity index (χ1) is 8.93. The summed E-state index contributed by atoms with van der Waals surface area (Å²) in [4.78, 5) is 23.5. The monoisotopic (exact) mass is 260 g/mol. The molecule has 0 heterocycles. The van der Waals surface area contributed by atoms with Crippen LogP contribution in [0.4, 0.5) is 0 Å². The van der Waals surface area contributed by atoms with Gasteiger partial charge < -0.3 is 5.11 Å². The predicted molar refractivity (Wildman–Crippen MR) is 72.7 cm³/mol. The minimum Gasteiger partial charge on any atom is -0.382 e. The average Bonchev–Trinajstić information content (AvgIpc) is 2.58. The largest absolute Gasteiger partial charge is 0.382 e. The summed E-state index contributed by atoms with van der Waals surface area (Å²) >= 11 is 0. The molecule has 102 valence electrons. The molecular weight excluding hydrogens is 240 g/mol. The van der Waals surface area contributed by atoms with E-state index in [1.807, 2.05) is 30.3 Å². The number of aryl methyl sites for hydroxylation is 1. The molecule has 0 radical (unpaired) electrons. The third-order valence-electron chi connectivity index (χ3n) is 4.17. The van der Waals surface area contributed by atoms with Crippen LogP contribution >= 0.6 is 0 Å². The SMILES string of the molecule is CC(=O)[C@@H]1[C@H](CCc2ccccc2)CC(=O)[C@]1(C)O. The molecule has 1 fully saturated rings. The Labute approximate surface area is 113 Å². The Kier molecular flexibility index (Phi) is 3.85. The third-order valence-corrected chi connectivity index (χ3v) is 4.17. The quantitative estimate of drug-likeness (QED) is 0.902. The van der Waals surface area contributed by atoms with Gasteiger partial charge in [0.25, 0.3) is 0 Å². The zero-order valence-electron chi connectivity index (χ0n) is 11.4. The van der Waals surface area contributed by atoms with E-state index >= 15 is 0 Å². The Morgan fingerprint density at radius 1 is 1.37 bits per heavy atom. The second-order valence-corrected chi connectivity index (χ2v) is 5.65. The summed E-state index contributed by atoms with van der Waals surface area (Å²) in [5.74, 6) is -0.886. The molecule has 1 aromatic carbocycles. The highest BCUT2D eigenvalue weighted by molar-refractivity contribution is 5.97. The number of carbonyl (C=O) groups excluding carboxylic acids is 2. The highest BCUT2D eigenvalue weighted by Crippen LogP contribution is 2.40. The molecule has 0 aromatic heterocycles. The normalized spacial score (nSPS) is 30.6. The van der Waals surface area contributed by atoms with E-state index in [2.05, 4.69) is 0 Å². The maximum atomic E-state index is 11.8. The summed E-state index contributed by atoms with van der Waals surface area (Å²) < 4.78 is 0. The fourth-order valence-electron chi connectivity index (χ4n) is 3.19. The van der Waals surface area contributed by atoms with Crippen molar-refractivity contribution in [1.82, 2.24) is 0 Å². The van der Waals surface area contributed by atoms with Crippen molar-refractivity contribution in [3.05, 3.63) is 35.9 Å². The van der Waals surface area contributed by atoms with Crippen molar-refractivity contribution >= 4 is 11.6 Å². The first-order valence-electron chi connectivity index (χ1n) is 6.73. The van der Waals surface area contributed by atoms with Gasteiger partial charge in [-0.05, 0) is 38.2 Å². The van der Waals surface area contributed by atoms with Gasteiger partial charge in [-0.1, -0.05) is 30.3 Å². The fourth-order valence-corrected chi connectivity index (χ4v) is 3.19. The van der Waals surface area contributed by atoms with E-state index in [0.717, 1.165) is 12.8 Å².